The van der Waals surface area contributed by atoms with Gasteiger partial charge in [-0.15, -0.1) is 0 Å². The Bertz CT molecular complexity index is 1130. The van der Waals surface area contributed by atoms with Gasteiger partial charge >= 0.3 is 0 Å². The zero-order chi connectivity index (χ0) is 17.9. The summed E-state index contributed by atoms with van der Waals surface area (Å²) in [4.78, 5) is 26.6. The minimum atomic E-state index is -0.114. The molecule has 0 saturated heterocycles. The van der Waals surface area contributed by atoms with Crippen molar-refractivity contribution in [3.05, 3.63) is 88.6 Å². The minimum Gasteiger partial charge on any atom is -0.268 e. The lowest BCUT2D eigenvalue weighted by Crippen LogP contribution is -2.22. The molecule has 4 rings (SSSR count). The summed E-state index contributed by atoms with van der Waals surface area (Å²) < 4.78 is 1.59. The van der Waals surface area contributed by atoms with Crippen LogP contribution in [0.25, 0.3) is 16.7 Å². The Morgan fingerprint density at radius 1 is 1.00 bits per heavy atom. The van der Waals surface area contributed by atoms with Crippen molar-refractivity contribution in [2.45, 2.75) is 17.8 Å². The highest BCUT2D eigenvalue weighted by Gasteiger charge is 2.14. The highest BCUT2D eigenvalue weighted by molar-refractivity contribution is 7.98. The van der Waals surface area contributed by atoms with E-state index in [0.29, 0.717) is 27.6 Å². The molecule has 0 fully saturated rings. The quantitative estimate of drug-likeness (QED) is 0.409. The molecule has 0 N–H and O–H groups in total. The number of thioether (sulfide) groups is 1. The summed E-state index contributed by atoms with van der Waals surface area (Å²) in [5.41, 5.74) is 2.54. The van der Waals surface area contributed by atoms with E-state index in [1.165, 1.54) is 11.8 Å². The van der Waals surface area contributed by atoms with E-state index >= 15 is 0 Å². The van der Waals surface area contributed by atoms with Gasteiger partial charge in [-0.3, -0.25) is 9.78 Å². The van der Waals surface area contributed by atoms with E-state index in [0.717, 1.165) is 11.3 Å². The Morgan fingerprint density at radius 3 is 2.65 bits per heavy atom. The van der Waals surface area contributed by atoms with Crippen molar-refractivity contribution >= 4 is 22.7 Å². The van der Waals surface area contributed by atoms with E-state index in [2.05, 4.69) is 9.97 Å². The van der Waals surface area contributed by atoms with Crippen molar-refractivity contribution < 1.29 is 0 Å². The SMILES string of the molecule is Cc1ccnc(-n2c(SCc3ccccn3)nc3ccccc3c2=O)c1. The number of aryl methyl sites for hydroxylation is 1. The Balaban J connectivity index is 1.86. The van der Waals surface area contributed by atoms with Crippen LogP contribution in [0.15, 0.2) is 76.9 Å². The molecule has 0 saturated carbocycles. The average molecular weight is 360 g/mol. The Labute approximate surface area is 154 Å². The predicted octanol–water partition coefficient (Wildman–Crippen LogP) is 3.78. The molecule has 3 heterocycles. The third-order valence-corrected chi connectivity index (χ3v) is 4.92. The van der Waals surface area contributed by atoms with Crippen LogP contribution < -0.4 is 5.56 Å². The largest absolute Gasteiger partial charge is 0.268 e. The van der Waals surface area contributed by atoms with Crippen molar-refractivity contribution in [2.75, 3.05) is 0 Å². The number of pyridine rings is 2. The van der Waals surface area contributed by atoms with Gasteiger partial charge in [-0.25, -0.2) is 14.5 Å². The van der Waals surface area contributed by atoms with E-state index in [1.54, 1.807) is 23.0 Å². The number of para-hydroxylation sites is 1. The van der Waals surface area contributed by atoms with Gasteiger partial charge < -0.3 is 0 Å². The van der Waals surface area contributed by atoms with Crippen LogP contribution in [0.3, 0.4) is 0 Å². The molecule has 0 bridgehead atoms. The molecule has 26 heavy (non-hydrogen) atoms. The summed E-state index contributed by atoms with van der Waals surface area (Å²) in [6.45, 7) is 1.98. The highest BCUT2D eigenvalue weighted by atomic mass is 32.2. The van der Waals surface area contributed by atoms with Gasteiger partial charge in [0.05, 0.1) is 16.6 Å². The van der Waals surface area contributed by atoms with E-state index < -0.39 is 0 Å². The zero-order valence-corrected chi connectivity index (χ0v) is 15.0. The van der Waals surface area contributed by atoms with Crippen LogP contribution in [0.4, 0.5) is 0 Å². The summed E-state index contributed by atoms with van der Waals surface area (Å²) in [7, 11) is 0. The molecule has 1 aromatic carbocycles. The summed E-state index contributed by atoms with van der Waals surface area (Å²) in [6, 6.07) is 17.0. The van der Waals surface area contributed by atoms with Crippen LogP contribution in [0, 0.1) is 6.92 Å². The summed E-state index contributed by atoms with van der Waals surface area (Å²) >= 11 is 1.48. The number of aromatic nitrogens is 4. The first kappa shape index (κ1) is 16.5. The monoisotopic (exact) mass is 360 g/mol. The van der Waals surface area contributed by atoms with Gasteiger partial charge in [0, 0.05) is 18.1 Å². The third kappa shape index (κ3) is 3.23. The molecule has 0 atom stereocenters. The third-order valence-electron chi connectivity index (χ3n) is 3.95. The maximum Gasteiger partial charge on any atom is 0.267 e. The fourth-order valence-electron chi connectivity index (χ4n) is 2.68. The van der Waals surface area contributed by atoms with Gasteiger partial charge in [-0.1, -0.05) is 30.0 Å². The molecule has 3 aromatic heterocycles. The normalized spacial score (nSPS) is 11.0. The van der Waals surface area contributed by atoms with Crippen LogP contribution in [0.2, 0.25) is 0 Å². The van der Waals surface area contributed by atoms with E-state index in [9.17, 15) is 4.79 Å². The summed E-state index contributed by atoms with van der Waals surface area (Å²) in [5.74, 6) is 1.20. The Hall–Kier alpha value is -2.99. The molecule has 0 aliphatic heterocycles. The zero-order valence-electron chi connectivity index (χ0n) is 14.2. The molecule has 5 nitrogen and oxygen atoms in total. The lowest BCUT2D eigenvalue weighted by atomic mass is 10.2. The van der Waals surface area contributed by atoms with Crippen LogP contribution in [0.1, 0.15) is 11.3 Å². The van der Waals surface area contributed by atoms with Gasteiger partial charge in [-0.2, -0.15) is 0 Å². The minimum absolute atomic E-state index is 0.114. The average Bonchev–Trinajstić information content (AvgIpc) is 2.67. The second kappa shape index (κ2) is 7.09. The molecule has 0 spiro atoms. The van der Waals surface area contributed by atoms with Crippen LogP contribution >= 0.6 is 11.8 Å². The molecule has 0 radical (unpaired) electrons. The molecular weight excluding hydrogens is 344 g/mol. The van der Waals surface area contributed by atoms with E-state index in [4.69, 9.17) is 4.98 Å². The topological polar surface area (TPSA) is 60.7 Å². The van der Waals surface area contributed by atoms with Gasteiger partial charge in [0.2, 0.25) is 0 Å². The molecule has 0 aliphatic carbocycles. The Kier molecular flexibility index (Phi) is 4.50. The number of benzene rings is 1. The molecule has 0 amide bonds. The fourth-order valence-corrected chi connectivity index (χ4v) is 3.59. The number of hydrogen-bond donors (Lipinski definition) is 0. The lowest BCUT2D eigenvalue weighted by Gasteiger charge is -2.12. The number of fused-ring (bicyclic) bond motifs is 1. The molecule has 4 aromatic rings. The second-order valence-electron chi connectivity index (χ2n) is 5.85. The highest BCUT2D eigenvalue weighted by Crippen LogP contribution is 2.23. The number of hydrogen-bond acceptors (Lipinski definition) is 5. The molecule has 6 heteroatoms. The summed E-state index contributed by atoms with van der Waals surface area (Å²) in [6.07, 6.45) is 3.47. The van der Waals surface area contributed by atoms with Gasteiger partial charge in [0.15, 0.2) is 5.16 Å². The van der Waals surface area contributed by atoms with Crippen LogP contribution in [0.5, 0.6) is 0 Å². The maximum atomic E-state index is 13.1. The summed E-state index contributed by atoms with van der Waals surface area (Å²) in [5, 5.41) is 1.19. The van der Waals surface area contributed by atoms with Crippen LogP contribution in [-0.4, -0.2) is 19.5 Å². The lowest BCUT2D eigenvalue weighted by molar-refractivity contribution is 0.794. The number of rotatable bonds is 4. The first-order valence-corrected chi connectivity index (χ1v) is 9.18. The smallest absolute Gasteiger partial charge is 0.267 e. The molecule has 0 unspecified atom stereocenters. The van der Waals surface area contributed by atoms with Crippen molar-refractivity contribution in [1.82, 2.24) is 19.5 Å². The van der Waals surface area contributed by atoms with E-state index in [-0.39, 0.29) is 5.56 Å². The second-order valence-corrected chi connectivity index (χ2v) is 6.80. The predicted molar refractivity (Wildman–Crippen MR) is 104 cm³/mol. The molecular formula is C20H16N4OS. The van der Waals surface area contributed by atoms with Crippen molar-refractivity contribution in [1.29, 1.82) is 0 Å². The first-order chi connectivity index (χ1) is 12.7. The van der Waals surface area contributed by atoms with Crippen LogP contribution in [-0.2, 0) is 5.75 Å². The molecule has 0 aliphatic rings. The van der Waals surface area contributed by atoms with Crippen molar-refractivity contribution in [2.24, 2.45) is 0 Å². The Morgan fingerprint density at radius 2 is 1.85 bits per heavy atom. The maximum absolute atomic E-state index is 13.1. The standard InChI is InChI=1S/C20H16N4OS/c1-14-9-11-22-18(12-14)24-19(25)16-7-2-3-8-17(16)23-20(24)26-13-15-6-4-5-10-21-15/h2-12H,13H2,1H3. The fraction of sp³-hybridized carbons (Fsp3) is 0.100. The van der Waals surface area contributed by atoms with Crippen molar-refractivity contribution in [3.63, 3.8) is 0 Å². The first-order valence-electron chi connectivity index (χ1n) is 8.20. The number of nitrogens with zero attached hydrogens (tertiary/aromatic N) is 4. The molecule has 128 valence electrons. The van der Waals surface area contributed by atoms with Crippen molar-refractivity contribution in [3.8, 4) is 5.82 Å². The van der Waals surface area contributed by atoms with E-state index in [1.807, 2.05) is 55.5 Å². The van der Waals surface area contributed by atoms with Gasteiger partial charge in [0.1, 0.15) is 5.82 Å². The van der Waals surface area contributed by atoms with Gasteiger partial charge in [-0.05, 0) is 48.9 Å². The van der Waals surface area contributed by atoms with Gasteiger partial charge in [0.25, 0.3) is 5.56 Å².